The summed E-state index contributed by atoms with van der Waals surface area (Å²) >= 11 is 0. The van der Waals surface area contributed by atoms with Gasteiger partial charge in [-0.3, -0.25) is 19.3 Å². The van der Waals surface area contributed by atoms with Crippen LogP contribution in [0.4, 0.5) is 0 Å². The molecular weight excluding hydrogens is 416 g/mol. The van der Waals surface area contributed by atoms with Crippen molar-refractivity contribution in [3.8, 4) is 0 Å². The Balaban J connectivity index is 1.48. The number of carbonyl (C=O) groups is 3. The number of piperazine rings is 1. The molecule has 0 bridgehead atoms. The molecular formula is C26H34N4O3. The molecule has 1 aliphatic heterocycles. The number of amides is 3. The van der Waals surface area contributed by atoms with E-state index in [-0.39, 0.29) is 23.6 Å². The molecule has 1 aliphatic rings. The molecule has 1 atom stereocenters. The van der Waals surface area contributed by atoms with Gasteiger partial charge in [0.2, 0.25) is 11.8 Å². The van der Waals surface area contributed by atoms with Crippen LogP contribution in [0.5, 0.6) is 0 Å². The van der Waals surface area contributed by atoms with E-state index in [2.05, 4.69) is 15.5 Å². The third-order valence-electron chi connectivity index (χ3n) is 5.88. The molecule has 2 aromatic carbocycles. The molecule has 7 heteroatoms. The number of benzene rings is 2. The van der Waals surface area contributed by atoms with Crippen molar-refractivity contribution < 1.29 is 14.4 Å². The predicted octanol–water partition coefficient (Wildman–Crippen LogP) is 2.21. The number of nitrogens with zero attached hydrogens (tertiary/aromatic N) is 2. The molecule has 1 unspecified atom stereocenters. The molecule has 0 aliphatic carbocycles. The van der Waals surface area contributed by atoms with Crippen molar-refractivity contribution in [1.82, 2.24) is 20.4 Å². The molecule has 176 valence electrons. The molecule has 0 radical (unpaired) electrons. The Labute approximate surface area is 196 Å². The van der Waals surface area contributed by atoms with Crippen LogP contribution < -0.4 is 10.6 Å². The van der Waals surface area contributed by atoms with Crippen molar-refractivity contribution in [1.29, 1.82) is 0 Å². The van der Waals surface area contributed by atoms with Gasteiger partial charge in [-0.15, -0.1) is 0 Å². The lowest BCUT2D eigenvalue weighted by Gasteiger charge is -2.37. The van der Waals surface area contributed by atoms with E-state index in [9.17, 15) is 14.4 Å². The van der Waals surface area contributed by atoms with E-state index in [1.54, 1.807) is 11.0 Å². The fourth-order valence-corrected chi connectivity index (χ4v) is 3.90. The minimum Gasteiger partial charge on any atom is -0.351 e. The number of carbonyl (C=O) groups excluding carboxylic acids is 3. The first-order chi connectivity index (χ1) is 15.8. The lowest BCUT2D eigenvalue weighted by Crippen LogP contribution is -2.57. The van der Waals surface area contributed by atoms with Crippen molar-refractivity contribution in [2.75, 3.05) is 32.7 Å². The maximum absolute atomic E-state index is 13.2. The average Bonchev–Trinajstić information content (AvgIpc) is 2.81. The third-order valence-corrected chi connectivity index (χ3v) is 5.88. The molecule has 2 N–H and O–H groups in total. The summed E-state index contributed by atoms with van der Waals surface area (Å²) in [7, 11) is 0. The maximum atomic E-state index is 13.2. The standard InChI is InChI=1S/C26H34N4O3/c1-19(2)24(28-25(32)22-11-7-8-20(3)16-22)26(33)30-14-12-29(13-15-30)18-23(31)27-17-21-9-5-4-6-10-21/h4-11,16,19,24H,12-15,17-18H2,1-3H3,(H,27,31)(H,28,32). The molecule has 1 heterocycles. The summed E-state index contributed by atoms with van der Waals surface area (Å²) in [4.78, 5) is 42.0. The Hall–Kier alpha value is -3.19. The summed E-state index contributed by atoms with van der Waals surface area (Å²) in [6.07, 6.45) is 0. The van der Waals surface area contributed by atoms with Crippen LogP contribution in [0.2, 0.25) is 0 Å². The normalized spacial score (nSPS) is 15.2. The second kappa shape index (κ2) is 11.6. The Morgan fingerprint density at radius 3 is 2.27 bits per heavy atom. The Morgan fingerprint density at radius 2 is 1.64 bits per heavy atom. The first-order valence-corrected chi connectivity index (χ1v) is 11.5. The highest BCUT2D eigenvalue weighted by atomic mass is 16.2. The van der Waals surface area contributed by atoms with Crippen LogP contribution in [0.1, 0.15) is 35.3 Å². The second-order valence-electron chi connectivity index (χ2n) is 8.93. The minimum atomic E-state index is -0.585. The fourth-order valence-electron chi connectivity index (χ4n) is 3.90. The second-order valence-corrected chi connectivity index (χ2v) is 8.93. The van der Waals surface area contributed by atoms with Gasteiger partial charge < -0.3 is 15.5 Å². The molecule has 1 saturated heterocycles. The Kier molecular flexibility index (Phi) is 8.60. The highest BCUT2D eigenvalue weighted by Gasteiger charge is 2.31. The molecule has 0 saturated carbocycles. The van der Waals surface area contributed by atoms with Gasteiger partial charge in [-0.05, 0) is 30.5 Å². The Morgan fingerprint density at radius 1 is 0.939 bits per heavy atom. The van der Waals surface area contributed by atoms with E-state index in [1.165, 1.54) is 0 Å². The molecule has 0 aromatic heterocycles. The SMILES string of the molecule is Cc1cccc(C(=O)NC(C(=O)N2CCN(CC(=O)NCc3ccccc3)CC2)C(C)C)c1. The van der Waals surface area contributed by atoms with Crippen LogP contribution in [0.3, 0.4) is 0 Å². The molecule has 0 spiro atoms. The van der Waals surface area contributed by atoms with Crippen molar-refractivity contribution in [3.63, 3.8) is 0 Å². The van der Waals surface area contributed by atoms with Gasteiger partial charge in [0.1, 0.15) is 6.04 Å². The number of aryl methyl sites for hydroxylation is 1. The smallest absolute Gasteiger partial charge is 0.251 e. The number of nitrogens with one attached hydrogen (secondary N) is 2. The van der Waals surface area contributed by atoms with Gasteiger partial charge in [-0.25, -0.2) is 0 Å². The van der Waals surface area contributed by atoms with Crippen molar-refractivity contribution in [2.45, 2.75) is 33.4 Å². The maximum Gasteiger partial charge on any atom is 0.251 e. The number of hydrogen-bond donors (Lipinski definition) is 2. The molecule has 3 amide bonds. The first kappa shape index (κ1) is 24.5. The summed E-state index contributed by atoms with van der Waals surface area (Å²) in [5.74, 6) is -0.365. The van der Waals surface area contributed by atoms with Gasteiger partial charge in [0, 0.05) is 38.3 Å². The van der Waals surface area contributed by atoms with Crippen LogP contribution in [-0.4, -0.2) is 66.3 Å². The van der Waals surface area contributed by atoms with Crippen LogP contribution in [0.25, 0.3) is 0 Å². The van der Waals surface area contributed by atoms with E-state index >= 15 is 0 Å². The van der Waals surface area contributed by atoms with Crippen LogP contribution in [0, 0.1) is 12.8 Å². The topological polar surface area (TPSA) is 81.8 Å². The summed E-state index contributed by atoms with van der Waals surface area (Å²) < 4.78 is 0. The molecule has 2 aromatic rings. The van der Waals surface area contributed by atoms with Gasteiger partial charge in [0.15, 0.2) is 0 Å². The van der Waals surface area contributed by atoms with E-state index in [4.69, 9.17) is 0 Å². The summed E-state index contributed by atoms with van der Waals surface area (Å²) in [5, 5.41) is 5.87. The van der Waals surface area contributed by atoms with Gasteiger partial charge >= 0.3 is 0 Å². The largest absolute Gasteiger partial charge is 0.351 e. The van der Waals surface area contributed by atoms with Gasteiger partial charge in [-0.2, -0.15) is 0 Å². The minimum absolute atomic E-state index is 0.0240. The third kappa shape index (κ3) is 7.15. The fraction of sp³-hybridized carbons (Fsp3) is 0.423. The summed E-state index contributed by atoms with van der Waals surface area (Å²) in [6, 6.07) is 16.6. The van der Waals surface area contributed by atoms with Crippen molar-refractivity contribution in [2.24, 2.45) is 5.92 Å². The van der Waals surface area contributed by atoms with Gasteiger partial charge in [0.25, 0.3) is 5.91 Å². The zero-order valence-electron chi connectivity index (χ0n) is 19.7. The van der Waals surface area contributed by atoms with Gasteiger partial charge in [0.05, 0.1) is 6.54 Å². The summed E-state index contributed by atoms with van der Waals surface area (Å²) in [6.45, 7) is 8.95. The van der Waals surface area contributed by atoms with Crippen LogP contribution in [0.15, 0.2) is 54.6 Å². The zero-order valence-corrected chi connectivity index (χ0v) is 19.7. The Bertz CT molecular complexity index is 953. The highest BCUT2D eigenvalue weighted by Crippen LogP contribution is 2.12. The van der Waals surface area contributed by atoms with Crippen LogP contribution in [-0.2, 0) is 16.1 Å². The monoisotopic (exact) mass is 450 g/mol. The average molecular weight is 451 g/mol. The predicted molar refractivity (Wildman–Crippen MR) is 129 cm³/mol. The van der Waals surface area contributed by atoms with E-state index < -0.39 is 6.04 Å². The van der Waals surface area contributed by atoms with Gasteiger partial charge in [-0.1, -0.05) is 61.9 Å². The lowest BCUT2D eigenvalue weighted by atomic mass is 10.0. The molecule has 1 fully saturated rings. The van der Waals surface area contributed by atoms with E-state index in [1.807, 2.05) is 69.3 Å². The summed E-state index contributed by atoms with van der Waals surface area (Å²) in [5.41, 5.74) is 2.62. The molecule has 7 nitrogen and oxygen atoms in total. The van der Waals surface area contributed by atoms with Crippen molar-refractivity contribution >= 4 is 17.7 Å². The zero-order chi connectivity index (χ0) is 23.8. The van der Waals surface area contributed by atoms with E-state index in [0.717, 1.165) is 11.1 Å². The quantitative estimate of drug-likeness (QED) is 0.646. The first-order valence-electron chi connectivity index (χ1n) is 11.5. The van der Waals surface area contributed by atoms with Crippen molar-refractivity contribution in [3.05, 3.63) is 71.3 Å². The number of rotatable bonds is 8. The van der Waals surface area contributed by atoms with Crippen LogP contribution >= 0.6 is 0 Å². The van der Waals surface area contributed by atoms with E-state index in [0.29, 0.717) is 44.8 Å². The highest BCUT2D eigenvalue weighted by molar-refractivity contribution is 5.97. The molecule has 33 heavy (non-hydrogen) atoms. The molecule has 3 rings (SSSR count). The number of hydrogen-bond acceptors (Lipinski definition) is 4. The lowest BCUT2D eigenvalue weighted by molar-refractivity contribution is -0.136.